The Morgan fingerprint density at radius 3 is 2.68 bits per heavy atom. The molecule has 0 aromatic heterocycles. The van der Waals surface area contributed by atoms with Gasteiger partial charge in [-0.05, 0) is 29.2 Å². The quantitative estimate of drug-likeness (QED) is 0.849. The number of carbonyl (C=O) groups is 1. The number of fused-ring (bicyclic) bond motifs is 1. The largest absolute Gasteiger partial charge is 0.507 e. The topological polar surface area (TPSA) is 46.5 Å². The summed E-state index contributed by atoms with van der Waals surface area (Å²) in [5, 5.41) is 11.5. The molecule has 0 atom stereocenters. The van der Waals surface area contributed by atoms with Gasteiger partial charge in [-0.15, -0.1) is 0 Å². The molecule has 0 aliphatic rings. The van der Waals surface area contributed by atoms with Crippen LogP contribution in [-0.4, -0.2) is 17.7 Å². The van der Waals surface area contributed by atoms with Gasteiger partial charge in [0.15, 0.2) is 0 Å². The Hall–Kier alpha value is -2.03. The molecule has 2 aromatic carbocycles. The molecule has 0 spiro atoms. The summed E-state index contributed by atoms with van der Waals surface area (Å²) in [7, 11) is 0. The number of aromatic hydroxyl groups is 1. The zero-order valence-corrected chi connectivity index (χ0v) is 11.2. The third kappa shape index (κ3) is 3.05. The van der Waals surface area contributed by atoms with Gasteiger partial charge in [0.2, 0.25) is 0 Å². The fourth-order valence-electron chi connectivity index (χ4n) is 1.93. The monoisotopic (exact) mass is 258 g/mol. The van der Waals surface area contributed by atoms with Gasteiger partial charge in [-0.25, -0.2) is 4.79 Å². The van der Waals surface area contributed by atoms with E-state index < -0.39 is 5.97 Å². The lowest BCUT2D eigenvalue weighted by Gasteiger charge is -2.10. The predicted molar refractivity (Wildman–Crippen MR) is 75.4 cm³/mol. The van der Waals surface area contributed by atoms with Gasteiger partial charge in [-0.3, -0.25) is 0 Å². The molecule has 1 N–H and O–H groups in total. The van der Waals surface area contributed by atoms with Crippen molar-refractivity contribution >= 4 is 16.7 Å². The highest BCUT2D eigenvalue weighted by Gasteiger charge is 2.16. The lowest BCUT2D eigenvalue weighted by atomic mass is 10.0. The van der Waals surface area contributed by atoms with E-state index in [0.29, 0.717) is 12.5 Å². The molecule has 0 saturated heterocycles. The summed E-state index contributed by atoms with van der Waals surface area (Å²) < 4.78 is 5.23. The van der Waals surface area contributed by atoms with E-state index in [9.17, 15) is 9.90 Å². The minimum absolute atomic E-state index is 0.0340. The predicted octanol–water partition coefficient (Wildman–Crippen LogP) is 3.75. The van der Waals surface area contributed by atoms with Crippen LogP contribution in [0.15, 0.2) is 36.4 Å². The van der Waals surface area contributed by atoms with Crippen molar-refractivity contribution in [3.8, 4) is 5.75 Å². The minimum Gasteiger partial charge on any atom is -0.507 e. The van der Waals surface area contributed by atoms with Gasteiger partial charge >= 0.3 is 5.97 Å². The third-order valence-corrected chi connectivity index (χ3v) is 3.04. The van der Waals surface area contributed by atoms with Crippen molar-refractivity contribution < 1.29 is 14.6 Å². The van der Waals surface area contributed by atoms with Crippen LogP contribution < -0.4 is 0 Å². The maximum absolute atomic E-state index is 12.1. The van der Waals surface area contributed by atoms with E-state index in [0.717, 1.165) is 17.2 Å². The smallest absolute Gasteiger partial charge is 0.342 e. The molecule has 0 fully saturated rings. The van der Waals surface area contributed by atoms with Crippen LogP contribution in [-0.2, 0) is 4.74 Å². The van der Waals surface area contributed by atoms with Crippen LogP contribution in [0.3, 0.4) is 0 Å². The SMILES string of the molecule is CC(C)CCOC(=O)c1c(O)ccc2ccccc12. The lowest BCUT2D eigenvalue weighted by Crippen LogP contribution is -2.09. The normalized spacial score (nSPS) is 10.9. The molecule has 2 rings (SSSR count). The van der Waals surface area contributed by atoms with E-state index in [2.05, 4.69) is 13.8 Å². The zero-order chi connectivity index (χ0) is 13.8. The Bertz CT molecular complexity index is 588. The first-order chi connectivity index (χ1) is 9.09. The molecule has 100 valence electrons. The van der Waals surface area contributed by atoms with E-state index in [-0.39, 0.29) is 11.3 Å². The van der Waals surface area contributed by atoms with Crippen molar-refractivity contribution in [2.24, 2.45) is 5.92 Å². The molecule has 0 radical (unpaired) electrons. The number of phenolic OH excluding ortho intramolecular Hbond substituents is 1. The number of rotatable bonds is 4. The molecular weight excluding hydrogens is 240 g/mol. The van der Waals surface area contributed by atoms with Gasteiger partial charge in [0.1, 0.15) is 11.3 Å². The highest BCUT2D eigenvalue weighted by Crippen LogP contribution is 2.27. The highest BCUT2D eigenvalue weighted by molar-refractivity contribution is 6.06. The van der Waals surface area contributed by atoms with E-state index in [1.807, 2.05) is 24.3 Å². The number of esters is 1. The zero-order valence-electron chi connectivity index (χ0n) is 11.2. The molecule has 3 nitrogen and oxygen atoms in total. The molecule has 19 heavy (non-hydrogen) atoms. The van der Waals surface area contributed by atoms with Crippen molar-refractivity contribution in [2.75, 3.05) is 6.61 Å². The van der Waals surface area contributed by atoms with E-state index in [1.165, 1.54) is 6.07 Å². The molecule has 2 aromatic rings. The Morgan fingerprint density at radius 2 is 1.95 bits per heavy atom. The molecule has 0 aliphatic heterocycles. The average molecular weight is 258 g/mol. The average Bonchev–Trinajstić information content (AvgIpc) is 2.38. The number of ether oxygens (including phenoxy) is 1. The Balaban J connectivity index is 2.28. The van der Waals surface area contributed by atoms with Crippen LogP contribution >= 0.6 is 0 Å². The molecule has 0 saturated carbocycles. The van der Waals surface area contributed by atoms with Crippen LogP contribution in [0.5, 0.6) is 5.75 Å². The van der Waals surface area contributed by atoms with Crippen LogP contribution in [0.25, 0.3) is 10.8 Å². The maximum Gasteiger partial charge on any atom is 0.342 e. The van der Waals surface area contributed by atoms with E-state index >= 15 is 0 Å². The molecule has 0 amide bonds. The number of hydrogen-bond donors (Lipinski definition) is 1. The Labute approximate surface area is 112 Å². The molecule has 0 unspecified atom stereocenters. The highest BCUT2D eigenvalue weighted by atomic mass is 16.5. The van der Waals surface area contributed by atoms with Crippen LogP contribution in [0.4, 0.5) is 0 Å². The number of benzene rings is 2. The molecule has 0 heterocycles. The molecule has 0 bridgehead atoms. The molecule has 0 aliphatic carbocycles. The molecular formula is C16H18O3. The molecule has 3 heteroatoms. The van der Waals surface area contributed by atoms with E-state index in [1.54, 1.807) is 6.07 Å². The lowest BCUT2D eigenvalue weighted by molar-refractivity contribution is 0.0487. The third-order valence-electron chi connectivity index (χ3n) is 3.04. The maximum atomic E-state index is 12.1. The summed E-state index contributed by atoms with van der Waals surface area (Å²) >= 11 is 0. The number of hydrogen-bond acceptors (Lipinski definition) is 3. The van der Waals surface area contributed by atoms with Gasteiger partial charge in [-0.1, -0.05) is 44.2 Å². The van der Waals surface area contributed by atoms with Crippen molar-refractivity contribution in [1.29, 1.82) is 0 Å². The Kier molecular flexibility index (Phi) is 4.05. The summed E-state index contributed by atoms with van der Waals surface area (Å²) in [6.07, 6.45) is 0.817. The second-order valence-electron chi connectivity index (χ2n) is 5.00. The standard InChI is InChI=1S/C16H18O3/c1-11(2)9-10-19-16(18)15-13-6-4-3-5-12(13)7-8-14(15)17/h3-8,11,17H,9-10H2,1-2H3. The summed E-state index contributed by atoms with van der Waals surface area (Å²) in [5.74, 6) is -0.0166. The summed E-state index contributed by atoms with van der Waals surface area (Å²) in [6, 6.07) is 10.8. The van der Waals surface area contributed by atoms with Crippen molar-refractivity contribution in [3.63, 3.8) is 0 Å². The number of phenols is 1. The van der Waals surface area contributed by atoms with Crippen LogP contribution in [0.1, 0.15) is 30.6 Å². The van der Waals surface area contributed by atoms with Crippen LogP contribution in [0.2, 0.25) is 0 Å². The number of carbonyl (C=O) groups excluding carboxylic acids is 1. The van der Waals surface area contributed by atoms with Gasteiger partial charge < -0.3 is 9.84 Å². The first-order valence-corrected chi connectivity index (χ1v) is 6.47. The second kappa shape index (κ2) is 5.74. The summed E-state index contributed by atoms with van der Waals surface area (Å²) in [4.78, 5) is 12.1. The van der Waals surface area contributed by atoms with Crippen molar-refractivity contribution in [1.82, 2.24) is 0 Å². The second-order valence-corrected chi connectivity index (χ2v) is 5.00. The van der Waals surface area contributed by atoms with Gasteiger partial charge in [-0.2, -0.15) is 0 Å². The van der Waals surface area contributed by atoms with Gasteiger partial charge in [0.25, 0.3) is 0 Å². The Morgan fingerprint density at radius 1 is 1.21 bits per heavy atom. The first-order valence-electron chi connectivity index (χ1n) is 6.47. The summed E-state index contributed by atoms with van der Waals surface area (Å²) in [5.41, 5.74) is 0.252. The van der Waals surface area contributed by atoms with Crippen molar-refractivity contribution in [2.45, 2.75) is 20.3 Å². The fraction of sp³-hybridized carbons (Fsp3) is 0.312. The van der Waals surface area contributed by atoms with Gasteiger partial charge in [0, 0.05) is 0 Å². The summed E-state index contributed by atoms with van der Waals surface area (Å²) in [6.45, 7) is 4.52. The van der Waals surface area contributed by atoms with Crippen LogP contribution in [0, 0.1) is 5.92 Å². The first kappa shape index (κ1) is 13.4. The fourth-order valence-corrected chi connectivity index (χ4v) is 1.93. The van der Waals surface area contributed by atoms with Gasteiger partial charge in [0.05, 0.1) is 6.61 Å². The van der Waals surface area contributed by atoms with E-state index in [4.69, 9.17) is 4.74 Å². The van der Waals surface area contributed by atoms with Crippen molar-refractivity contribution in [3.05, 3.63) is 42.0 Å². The minimum atomic E-state index is -0.463.